The van der Waals surface area contributed by atoms with Crippen molar-refractivity contribution in [1.82, 2.24) is 0 Å². The topological polar surface area (TPSA) is 85.2 Å². The lowest BCUT2D eigenvalue weighted by molar-refractivity contribution is -0.112. The zero-order valence-corrected chi connectivity index (χ0v) is 13.2. The van der Waals surface area contributed by atoms with Crippen LogP contribution >= 0.6 is 23.2 Å². The van der Waals surface area contributed by atoms with E-state index in [1.807, 2.05) is 0 Å². The zero-order valence-electron chi connectivity index (χ0n) is 11.7. The van der Waals surface area contributed by atoms with Crippen LogP contribution in [0.3, 0.4) is 0 Å². The van der Waals surface area contributed by atoms with Gasteiger partial charge in [-0.2, -0.15) is 5.26 Å². The summed E-state index contributed by atoms with van der Waals surface area (Å²) in [5.41, 5.74) is 0.620. The van der Waals surface area contributed by atoms with Crippen LogP contribution in [0, 0.1) is 11.3 Å². The largest absolute Gasteiger partial charge is 0.506 e. The third-order valence-electron chi connectivity index (χ3n) is 2.82. The van der Waals surface area contributed by atoms with Gasteiger partial charge in [-0.15, -0.1) is 0 Å². The Labute approximate surface area is 142 Å². The van der Waals surface area contributed by atoms with Crippen LogP contribution in [0.5, 0.6) is 5.75 Å². The average molecular weight is 348 g/mol. The van der Waals surface area contributed by atoms with E-state index in [4.69, 9.17) is 28.5 Å². The molecule has 0 heterocycles. The van der Waals surface area contributed by atoms with Crippen molar-refractivity contribution in [2.45, 2.75) is 0 Å². The van der Waals surface area contributed by atoms with E-state index < -0.39 is 5.91 Å². The number of nitrogens with one attached hydrogen (secondary N) is 2. The van der Waals surface area contributed by atoms with Crippen molar-refractivity contribution in [3.8, 4) is 11.8 Å². The summed E-state index contributed by atoms with van der Waals surface area (Å²) in [5, 5.41) is 24.7. The monoisotopic (exact) mass is 347 g/mol. The number of halogens is 2. The number of hydrogen-bond donors (Lipinski definition) is 3. The van der Waals surface area contributed by atoms with E-state index in [9.17, 15) is 9.90 Å². The quantitative estimate of drug-likeness (QED) is 0.440. The van der Waals surface area contributed by atoms with Crippen molar-refractivity contribution in [1.29, 1.82) is 5.26 Å². The van der Waals surface area contributed by atoms with E-state index in [-0.39, 0.29) is 17.0 Å². The van der Waals surface area contributed by atoms with Crippen LogP contribution in [0.4, 0.5) is 11.4 Å². The second-order valence-corrected chi connectivity index (χ2v) is 5.23. The van der Waals surface area contributed by atoms with Gasteiger partial charge in [-0.1, -0.05) is 35.3 Å². The Bertz CT molecular complexity index is 813. The molecule has 0 fully saturated rings. The van der Waals surface area contributed by atoms with Crippen LogP contribution in [0.2, 0.25) is 10.0 Å². The molecule has 3 N–H and O–H groups in total. The summed E-state index contributed by atoms with van der Waals surface area (Å²) >= 11 is 11.7. The lowest BCUT2D eigenvalue weighted by atomic mass is 10.2. The van der Waals surface area contributed by atoms with Gasteiger partial charge in [0.2, 0.25) is 0 Å². The van der Waals surface area contributed by atoms with Gasteiger partial charge in [0.05, 0.1) is 15.7 Å². The number of para-hydroxylation sites is 2. The fourth-order valence-electron chi connectivity index (χ4n) is 1.66. The molecule has 0 aliphatic rings. The van der Waals surface area contributed by atoms with Crippen molar-refractivity contribution in [2.24, 2.45) is 0 Å². The number of anilines is 2. The highest BCUT2D eigenvalue weighted by molar-refractivity contribution is 6.42. The van der Waals surface area contributed by atoms with Crippen molar-refractivity contribution in [2.75, 3.05) is 10.6 Å². The molecule has 0 atom stereocenters. The second kappa shape index (κ2) is 7.54. The van der Waals surface area contributed by atoms with Gasteiger partial charge in [0.1, 0.15) is 17.4 Å². The lowest BCUT2D eigenvalue weighted by Crippen LogP contribution is -2.14. The van der Waals surface area contributed by atoms with Crippen LogP contribution < -0.4 is 10.6 Å². The number of rotatable bonds is 4. The van der Waals surface area contributed by atoms with Gasteiger partial charge in [-0.25, -0.2) is 0 Å². The molecule has 2 aromatic rings. The van der Waals surface area contributed by atoms with Crippen molar-refractivity contribution in [3.05, 3.63) is 64.3 Å². The molecule has 0 saturated carbocycles. The van der Waals surface area contributed by atoms with Gasteiger partial charge < -0.3 is 15.7 Å². The summed E-state index contributed by atoms with van der Waals surface area (Å²) in [7, 11) is 0. The molecule has 0 aliphatic carbocycles. The van der Waals surface area contributed by atoms with E-state index in [1.165, 1.54) is 18.3 Å². The standard InChI is InChI=1S/C16H11Cl2N3O2/c17-12-6-5-11(7-13(12)18)20-9-10(8-19)16(23)21-14-3-1-2-4-15(14)22/h1-7,9,20,22H,(H,21,23)/b10-9-. The number of hydrogen-bond acceptors (Lipinski definition) is 4. The first-order valence-electron chi connectivity index (χ1n) is 6.42. The van der Waals surface area contributed by atoms with Crippen LogP contribution in [0.25, 0.3) is 0 Å². The summed E-state index contributed by atoms with van der Waals surface area (Å²) in [6.07, 6.45) is 1.24. The Morgan fingerprint density at radius 3 is 2.57 bits per heavy atom. The van der Waals surface area contributed by atoms with E-state index in [0.29, 0.717) is 15.7 Å². The molecule has 2 aromatic carbocycles. The Morgan fingerprint density at radius 2 is 1.91 bits per heavy atom. The van der Waals surface area contributed by atoms with E-state index in [1.54, 1.807) is 36.4 Å². The second-order valence-electron chi connectivity index (χ2n) is 4.41. The maximum atomic E-state index is 12.0. The molecule has 0 unspecified atom stereocenters. The molecular weight excluding hydrogens is 337 g/mol. The van der Waals surface area contributed by atoms with Crippen LogP contribution in [-0.4, -0.2) is 11.0 Å². The van der Waals surface area contributed by atoms with E-state index >= 15 is 0 Å². The van der Waals surface area contributed by atoms with Crippen LogP contribution in [0.1, 0.15) is 0 Å². The first-order chi connectivity index (χ1) is 11.0. The lowest BCUT2D eigenvalue weighted by Gasteiger charge is -2.07. The number of aromatic hydroxyl groups is 1. The summed E-state index contributed by atoms with van der Waals surface area (Å²) in [5.74, 6) is -0.739. The van der Waals surface area contributed by atoms with Gasteiger partial charge in [0.15, 0.2) is 0 Å². The number of carbonyl (C=O) groups excluding carboxylic acids is 1. The number of benzene rings is 2. The highest BCUT2D eigenvalue weighted by Crippen LogP contribution is 2.25. The smallest absolute Gasteiger partial charge is 0.267 e. The normalized spacial score (nSPS) is 10.7. The Balaban J connectivity index is 2.12. The summed E-state index contributed by atoms with van der Waals surface area (Å²) in [4.78, 5) is 12.0. The minimum atomic E-state index is -0.651. The SMILES string of the molecule is N#C/C(=C/Nc1ccc(Cl)c(Cl)c1)C(=O)Nc1ccccc1O. The molecule has 1 amide bonds. The fourth-order valence-corrected chi connectivity index (χ4v) is 1.96. The van der Waals surface area contributed by atoms with Gasteiger partial charge in [-0.05, 0) is 30.3 Å². The summed E-state index contributed by atoms with van der Waals surface area (Å²) in [6.45, 7) is 0. The summed E-state index contributed by atoms with van der Waals surface area (Å²) < 4.78 is 0. The molecular formula is C16H11Cl2N3O2. The number of phenols is 1. The third kappa shape index (κ3) is 4.39. The predicted octanol–water partition coefficient (Wildman–Crippen LogP) is 4.16. The molecule has 0 aliphatic heterocycles. The molecule has 7 heteroatoms. The molecule has 116 valence electrons. The number of nitriles is 1. The van der Waals surface area contributed by atoms with Gasteiger partial charge in [0, 0.05) is 11.9 Å². The van der Waals surface area contributed by atoms with E-state index in [2.05, 4.69) is 10.6 Å². The van der Waals surface area contributed by atoms with Crippen LogP contribution in [0.15, 0.2) is 54.2 Å². The predicted molar refractivity (Wildman–Crippen MR) is 90.5 cm³/mol. The van der Waals surface area contributed by atoms with Crippen molar-refractivity contribution in [3.63, 3.8) is 0 Å². The van der Waals surface area contributed by atoms with Gasteiger partial charge >= 0.3 is 0 Å². The maximum Gasteiger partial charge on any atom is 0.267 e. The summed E-state index contributed by atoms with van der Waals surface area (Å²) in [6, 6.07) is 12.8. The number of carbonyl (C=O) groups is 1. The zero-order chi connectivity index (χ0) is 16.8. The first kappa shape index (κ1) is 16.7. The van der Waals surface area contributed by atoms with Crippen molar-refractivity contribution < 1.29 is 9.90 Å². The number of amides is 1. The third-order valence-corrected chi connectivity index (χ3v) is 3.56. The molecule has 2 rings (SSSR count). The van der Waals surface area contributed by atoms with Gasteiger partial charge in [-0.3, -0.25) is 4.79 Å². The first-order valence-corrected chi connectivity index (χ1v) is 7.18. The molecule has 0 spiro atoms. The minimum absolute atomic E-state index is 0.0874. The molecule has 0 radical (unpaired) electrons. The molecule has 5 nitrogen and oxygen atoms in total. The molecule has 23 heavy (non-hydrogen) atoms. The number of phenolic OH excluding ortho intramolecular Hbond substituents is 1. The van der Waals surface area contributed by atoms with E-state index in [0.717, 1.165) is 0 Å². The molecule has 0 aromatic heterocycles. The highest BCUT2D eigenvalue weighted by atomic mass is 35.5. The minimum Gasteiger partial charge on any atom is -0.506 e. The Hall–Kier alpha value is -2.68. The fraction of sp³-hybridized carbons (Fsp3) is 0. The Morgan fingerprint density at radius 1 is 1.17 bits per heavy atom. The van der Waals surface area contributed by atoms with Gasteiger partial charge in [0.25, 0.3) is 5.91 Å². The van der Waals surface area contributed by atoms with Crippen molar-refractivity contribution >= 4 is 40.5 Å². The maximum absolute atomic E-state index is 12.0. The average Bonchev–Trinajstić information content (AvgIpc) is 2.53. The van der Waals surface area contributed by atoms with Crippen LogP contribution in [-0.2, 0) is 4.79 Å². The Kier molecular flexibility index (Phi) is 5.47. The molecule has 0 saturated heterocycles. The highest BCUT2D eigenvalue weighted by Gasteiger charge is 2.11. The number of nitrogens with zero attached hydrogens (tertiary/aromatic N) is 1. The molecule has 0 bridgehead atoms.